The van der Waals surface area contributed by atoms with Crippen LogP contribution in [0.1, 0.15) is 24.8 Å². The Bertz CT molecular complexity index is 1030. The van der Waals surface area contributed by atoms with Gasteiger partial charge in [-0.3, -0.25) is 14.2 Å². The van der Waals surface area contributed by atoms with Crippen LogP contribution in [0.3, 0.4) is 0 Å². The first-order valence-electron chi connectivity index (χ1n) is 8.49. The summed E-state index contributed by atoms with van der Waals surface area (Å²) in [4.78, 5) is 32.6. The molecule has 0 aliphatic heterocycles. The standard InChI is InChI=1S/C19H20ClN3O2S2/c1-12(2)23-18(25)14-6-4-5-7-15(14)21-19(23)26-11-17(24)22(3)10-13-8-9-16(20)27-13/h4-9,12H,10-11H2,1-3H3. The first-order chi connectivity index (χ1) is 12.9. The monoisotopic (exact) mass is 421 g/mol. The molecule has 0 spiro atoms. The van der Waals surface area contributed by atoms with Crippen LogP contribution in [0.5, 0.6) is 0 Å². The van der Waals surface area contributed by atoms with E-state index < -0.39 is 0 Å². The number of para-hydroxylation sites is 1. The molecule has 0 N–H and O–H groups in total. The molecule has 142 valence electrons. The van der Waals surface area contributed by atoms with E-state index in [0.717, 1.165) is 4.88 Å². The molecule has 0 bridgehead atoms. The van der Waals surface area contributed by atoms with Crippen molar-refractivity contribution in [3.8, 4) is 0 Å². The number of nitrogens with zero attached hydrogens (tertiary/aromatic N) is 3. The number of benzene rings is 1. The molecule has 1 amide bonds. The maximum atomic E-state index is 12.8. The van der Waals surface area contributed by atoms with E-state index in [9.17, 15) is 9.59 Å². The van der Waals surface area contributed by atoms with E-state index >= 15 is 0 Å². The third kappa shape index (κ3) is 4.54. The van der Waals surface area contributed by atoms with Gasteiger partial charge in [0.2, 0.25) is 5.91 Å². The summed E-state index contributed by atoms with van der Waals surface area (Å²) in [6, 6.07) is 11.0. The summed E-state index contributed by atoms with van der Waals surface area (Å²) in [6.45, 7) is 4.39. The fraction of sp³-hybridized carbons (Fsp3) is 0.316. The largest absolute Gasteiger partial charge is 0.340 e. The van der Waals surface area contributed by atoms with Crippen molar-refractivity contribution in [2.75, 3.05) is 12.8 Å². The zero-order valence-corrected chi connectivity index (χ0v) is 17.7. The van der Waals surface area contributed by atoms with Gasteiger partial charge in [0.25, 0.3) is 5.56 Å². The summed E-state index contributed by atoms with van der Waals surface area (Å²) >= 11 is 8.70. The van der Waals surface area contributed by atoms with E-state index in [1.54, 1.807) is 22.6 Å². The fourth-order valence-corrected chi connectivity index (χ4v) is 4.89. The van der Waals surface area contributed by atoms with Gasteiger partial charge in [0.15, 0.2) is 5.16 Å². The van der Waals surface area contributed by atoms with E-state index in [-0.39, 0.29) is 23.3 Å². The molecule has 27 heavy (non-hydrogen) atoms. The molecule has 0 fully saturated rings. The van der Waals surface area contributed by atoms with Crippen LogP contribution >= 0.6 is 34.7 Å². The average Bonchev–Trinajstić information content (AvgIpc) is 3.04. The van der Waals surface area contributed by atoms with Crippen LogP contribution < -0.4 is 5.56 Å². The number of halogens is 1. The molecule has 8 heteroatoms. The van der Waals surface area contributed by atoms with E-state index in [1.807, 2.05) is 44.2 Å². The third-order valence-corrected chi connectivity index (χ3v) is 6.22. The molecule has 0 atom stereocenters. The highest BCUT2D eigenvalue weighted by Crippen LogP contribution is 2.24. The molecule has 3 aromatic rings. The third-order valence-electron chi connectivity index (χ3n) is 4.06. The predicted molar refractivity (Wildman–Crippen MR) is 113 cm³/mol. The summed E-state index contributed by atoms with van der Waals surface area (Å²) in [5.74, 6) is 0.190. The van der Waals surface area contributed by atoms with Gasteiger partial charge in [-0.25, -0.2) is 4.98 Å². The molecule has 0 aliphatic rings. The van der Waals surface area contributed by atoms with Crippen LogP contribution in [0.2, 0.25) is 4.34 Å². The lowest BCUT2D eigenvalue weighted by Gasteiger charge is -2.18. The highest BCUT2D eigenvalue weighted by atomic mass is 35.5. The molecule has 1 aromatic carbocycles. The second-order valence-corrected chi connectivity index (χ2v) is 9.17. The SMILES string of the molecule is CC(C)n1c(SCC(=O)N(C)Cc2ccc(Cl)s2)nc2ccccc2c1=O. The van der Waals surface area contributed by atoms with Gasteiger partial charge >= 0.3 is 0 Å². The zero-order valence-electron chi connectivity index (χ0n) is 15.3. The van der Waals surface area contributed by atoms with E-state index in [1.165, 1.54) is 23.1 Å². The molecule has 0 saturated carbocycles. The average molecular weight is 422 g/mol. The number of thioether (sulfide) groups is 1. The minimum Gasteiger partial charge on any atom is -0.340 e. The number of carbonyl (C=O) groups excluding carboxylic acids is 1. The van der Waals surface area contributed by atoms with Gasteiger partial charge in [-0.1, -0.05) is 35.5 Å². The van der Waals surface area contributed by atoms with Crippen LogP contribution in [-0.4, -0.2) is 33.2 Å². The summed E-state index contributed by atoms with van der Waals surface area (Å²) in [7, 11) is 1.76. The van der Waals surface area contributed by atoms with Gasteiger partial charge in [-0.05, 0) is 38.1 Å². The maximum absolute atomic E-state index is 12.8. The van der Waals surface area contributed by atoms with E-state index in [4.69, 9.17) is 11.6 Å². The lowest BCUT2D eigenvalue weighted by atomic mass is 10.2. The number of amides is 1. The van der Waals surface area contributed by atoms with Crippen LogP contribution in [0.4, 0.5) is 0 Å². The van der Waals surface area contributed by atoms with Gasteiger partial charge < -0.3 is 4.90 Å². The Balaban J connectivity index is 1.78. The molecule has 0 saturated heterocycles. The van der Waals surface area contributed by atoms with Gasteiger partial charge in [0.1, 0.15) is 0 Å². The Hall–Kier alpha value is -1.83. The minimum absolute atomic E-state index is 0.0257. The van der Waals surface area contributed by atoms with Crippen LogP contribution in [0.25, 0.3) is 10.9 Å². The van der Waals surface area contributed by atoms with Crippen molar-refractivity contribution in [2.45, 2.75) is 31.6 Å². The van der Waals surface area contributed by atoms with Crippen molar-refractivity contribution in [1.29, 1.82) is 0 Å². The fourth-order valence-electron chi connectivity index (χ4n) is 2.68. The quantitative estimate of drug-likeness (QED) is 0.436. The summed E-state index contributed by atoms with van der Waals surface area (Å²) in [6.07, 6.45) is 0. The van der Waals surface area contributed by atoms with Crippen molar-refractivity contribution in [2.24, 2.45) is 0 Å². The van der Waals surface area contributed by atoms with E-state index in [0.29, 0.717) is 26.9 Å². The number of rotatable bonds is 6. The molecule has 5 nitrogen and oxygen atoms in total. The first-order valence-corrected chi connectivity index (χ1v) is 10.7. The number of fused-ring (bicyclic) bond motifs is 1. The maximum Gasteiger partial charge on any atom is 0.262 e. The van der Waals surface area contributed by atoms with Gasteiger partial charge in [0.05, 0.1) is 27.5 Å². The molecule has 2 aromatic heterocycles. The van der Waals surface area contributed by atoms with Crippen molar-refractivity contribution >= 4 is 51.5 Å². The van der Waals surface area contributed by atoms with Crippen LogP contribution in [0, 0.1) is 0 Å². The van der Waals surface area contributed by atoms with Crippen LogP contribution in [-0.2, 0) is 11.3 Å². The van der Waals surface area contributed by atoms with Gasteiger partial charge in [-0.2, -0.15) is 0 Å². The molecule has 0 aliphatic carbocycles. The smallest absolute Gasteiger partial charge is 0.262 e. The Morgan fingerprint density at radius 3 is 2.70 bits per heavy atom. The Morgan fingerprint density at radius 2 is 2.04 bits per heavy atom. The number of carbonyl (C=O) groups is 1. The van der Waals surface area contributed by atoms with E-state index in [2.05, 4.69) is 4.98 Å². The molecule has 2 heterocycles. The van der Waals surface area contributed by atoms with Crippen molar-refractivity contribution in [1.82, 2.24) is 14.5 Å². The normalized spacial score (nSPS) is 11.3. The lowest BCUT2D eigenvalue weighted by Crippen LogP contribution is -2.29. The zero-order chi connectivity index (χ0) is 19.6. The lowest BCUT2D eigenvalue weighted by molar-refractivity contribution is -0.127. The number of thiophene rings is 1. The molecule has 0 radical (unpaired) electrons. The second kappa shape index (κ2) is 8.46. The molecule has 0 unspecified atom stereocenters. The minimum atomic E-state index is -0.0767. The molecule has 3 rings (SSSR count). The molecular weight excluding hydrogens is 402 g/mol. The Morgan fingerprint density at radius 1 is 1.30 bits per heavy atom. The predicted octanol–water partition coefficient (Wildman–Crippen LogP) is 4.44. The Kier molecular flexibility index (Phi) is 6.24. The summed E-state index contributed by atoms with van der Waals surface area (Å²) < 4.78 is 2.36. The van der Waals surface area contributed by atoms with Gasteiger partial charge in [0, 0.05) is 18.0 Å². The topological polar surface area (TPSA) is 55.2 Å². The highest BCUT2D eigenvalue weighted by Gasteiger charge is 2.17. The van der Waals surface area contributed by atoms with Crippen molar-refractivity contribution in [3.05, 3.63) is 56.0 Å². The number of hydrogen-bond acceptors (Lipinski definition) is 5. The van der Waals surface area contributed by atoms with Crippen molar-refractivity contribution < 1.29 is 4.79 Å². The Labute approximate surface area is 171 Å². The number of hydrogen-bond donors (Lipinski definition) is 0. The number of aromatic nitrogens is 2. The second-order valence-electron chi connectivity index (χ2n) is 6.42. The summed E-state index contributed by atoms with van der Waals surface area (Å²) in [5, 5.41) is 1.16. The molecular formula is C19H20ClN3O2S2. The van der Waals surface area contributed by atoms with Crippen LogP contribution in [0.15, 0.2) is 46.3 Å². The highest BCUT2D eigenvalue weighted by molar-refractivity contribution is 7.99. The summed E-state index contributed by atoms with van der Waals surface area (Å²) in [5.41, 5.74) is 0.572. The first kappa shape index (κ1) is 19.9. The van der Waals surface area contributed by atoms with Gasteiger partial charge in [-0.15, -0.1) is 11.3 Å². The van der Waals surface area contributed by atoms with Crippen molar-refractivity contribution in [3.63, 3.8) is 0 Å².